The van der Waals surface area contributed by atoms with Crippen LogP contribution in [0.25, 0.3) is 0 Å². The third-order valence-electron chi connectivity index (χ3n) is 6.97. The van der Waals surface area contributed by atoms with Crippen LogP contribution in [0.4, 0.5) is 8.78 Å². The van der Waals surface area contributed by atoms with Gasteiger partial charge in [0.25, 0.3) is 0 Å². The zero-order valence-electron chi connectivity index (χ0n) is 15.3. The molecular formula is C23H28F2Si. The molecule has 1 aliphatic heterocycles. The van der Waals surface area contributed by atoms with E-state index < -0.39 is 14.0 Å². The van der Waals surface area contributed by atoms with E-state index >= 15 is 0 Å². The predicted octanol–water partition coefficient (Wildman–Crippen LogP) is 5.49. The summed E-state index contributed by atoms with van der Waals surface area (Å²) in [5.74, 6) is -1.23. The highest BCUT2D eigenvalue weighted by Gasteiger charge is 2.44. The van der Waals surface area contributed by atoms with Gasteiger partial charge >= 0.3 is 0 Å². The van der Waals surface area contributed by atoms with E-state index in [0.29, 0.717) is 11.8 Å². The molecule has 1 saturated carbocycles. The van der Waals surface area contributed by atoms with Crippen LogP contribution in [-0.4, -0.2) is 14.0 Å². The fraction of sp³-hybridized carbons (Fsp3) is 0.478. The van der Waals surface area contributed by atoms with E-state index in [0.717, 1.165) is 12.8 Å². The summed E-state index contributed by atoms with van der Waals surface area (Å²) in [5.41, 5.74) is 0. The Balaban J connectivity index is 1.54. The van der Waals surface area contributed by atoms with Crippen LogP contribution in [0.3, 0.4) is 0 Å². The number of hydrogen-bond acceptors (Lipinski definition) is 0. The van der Waals surface area contributed by atoms with Crippen molar-refractivity contribution in [3.63, 3.8) is 0 Å². The monoisotopic (exact) mass is 370 g/mol. The highest BCUT2D eigenvalue weighted by atomic mass is 28.3. The first-order chi connectivity index (χ1) is 12.6. The molecule has 2 aliphatic rings. The maximum atomic E-state index is 13.5. The largest absolute Gasteiger partial charge is 0.248 e. The van der Waals surface area contributed by atoms with Gasteiger partial charge in [-0.05, 0) is 36.8 Å². The predicted molar refractivity (Wildman–Crippen MR) is 107 cm³/mol. The van der Waals surface area contributed by atoms with E-state index in [2.05, 4.69) is 60.7 Å². The third-order valence-corrected chi connectivity index (χ3v) is 12.1. The van der Waals surface area contributed by atoms with E-state index in [9.17, 15) is 8.78 Å². The first-order valence-corrected chi connectivity index (χ1v) is 12.5. The number of halogens is 2. The number of alkyl halides is 2. The van der Waals surface area contributed by atoms with Gasteiger partial charge in [-0.3, -0.25) is 0 Å². The van der Waals surface area contributed by atoms with Crippen LogP contribution in [-0.2, 0) is 0 Å². The first-order valence-electron chi connectivity index (χ1n) is 10.1. The fourth-order valence-electron chi connectivity index (χ4n) is 5.40. The molecule has 4 rings (SSSR count). The molecule has 0 N–H and O–H groups in total. The summed E-state index contributed by atoms with van der Waals surface area (Å²) in [5, 5.41) is 3.08. The molecule has 0 atom stereocenters. The minimum absolute atomic E-state index is 0.105. The SMILES string of the molecule is FC1(F)CCC(C2CC[Si](c3ccccc3)(c3ccccc3)CC2)CC1. The average Bonchev–Trinajstić information content (AvgIpc) is 2.70. The van der Waals surface area contributed by atoms with Gasteiger partial charge in [-0.25, -0.2) is 8.78 Å². The summed E-state index contributed by atoms with van der Waals surface area (Å²) in [4.78, 5) is 0. The molecular weight excluding hydrogens is 342 g/mol. The second kappa shape index (κ2) is 7.26. The Hall–Kier alpha value is -1.48. The maximum absolute atomic E-state index is 13.5. The lowest BCUT2D eigenvalue weighted by molar-refractivity contribution is -0.0529. The molecule has 0 spiro atoms. The summed E-state index contributed by atoms with van der Waals surface area (Å²) < 4.78 is 27.0. The van der Waals surface area contributed by atoms with Gasteiger partial charge in [0.2, 0.25) is 5.92 Å². The molecule has 138 valence electrons. The van der Waals surface area contributed by atoms with Crippen LogP contribution >= 0.6 is 0 Å². The molecule has 1 heterocycles. The molecule has 2 aromatic rings. The number of rotatable bonds is 3. The van der Waals surface area contributed by atoms with Crippen LogP contribution in [0, 0.1) is 11.8 Å². The zero-order valence-corrected chi connectivity index (χ0v) is 16.3. The smallest absolute Gasteiger partial charge is 0.207 e. The van der Waals surface area contributed by atoms with Crippen molar-refractivity contribution in [2.75, 3.05) is 0 Å². The van der Waals surface area contributed by atoms with Crippen LogP contribution in [0.2, 0.25) is 12.1 Å². The van der Waals surface area contributed by atoms with Crippen molar-refractivity contribution in [3.8, 4) is 0 Å². The fourth-order valence-corrected chi connectivity index (χ4v) is 10.5. The molecule has 0 bridgehead atoms. The van der Waals surface area contributed by atoms with E-state index in [1.807, 2.05) is 0 Å². The molecule has 1 saturated heterocycles. The van der Waals surface area contributed by atoms with Crippen molar-refractivity contribution in [3.05, 3.63) is 60.7 Å². The van der Waals surface area contributed by atoms with Crippen molar-refractivity contribution in [1.82, 2.24) is 0 Å². The molecule has 26 heavy (non-hydrogen) atoms. The summed E-state index contributed by atoms with van der Waals surface area (Å²) >= 11 is 0. The van der Waals surface area contributed by atoms with E-state index in [1.54, 1.807) is 10.4 Å². The van der Waals surface area contributed by atoms with Gasteiger partial charge in [-0.2, -0.15) is 0 Å². The third kappa shape index (κ3) is 3.51. The van der Waals surface area contributed by atoms with Gasteiger partial charge in [-0.15, -0.1) is 0 Å². The minimum atomic E-state index is -2.41. The Morgan fingerprint density at radius 3 is 1.54 bits per heavy atom. The normalized spacial score (nSPS) is 23.6. The van der Waals surface area contributed by atoms with Crippen molar-refractivity contribution in [2.45, 2.75) is 56.5 Å². The van der Waals surface area contributed by atoms with Gasteiger partial charge in [0.15, 0.2) is 0 Å². The summed E-state index contributed by atoms with van der Waals surface area (Å²) in [6, 6.07) is 24.7. The molecule has 0 unspecified atom stereocenters. The molecule has 0 nitrogen and oxygen atoms in total. The number of benzene rings is 2. The number of hydrogen-bond donors (Lipinski definition) is 0. The van der Waals surface area contributed by atoms with Crippen LogP contribution in [0.5, 0.6) is 0 Å². The summed E-state index contributed by atoms with van der Waals surface area (Å²) in [6.07, 6.45) is 4.09. The lowest BCUT2D eigenvalue weighted by atomic mass is 9.76. The van der Waals surface area contributed by atoms with Crippen molar-refractivity contribution < 1.29 is 8.78 Å². The van der Waals surface area contributed by atoms with Gasteiger partial charge in [-0.1, -0.05) is 83.9 Å². The first kappa shape index (κ1) is 17.9. The highest BCUT2D eigenvalue weighted by Crippen LogP contribution is 2.45. The molecule has 0 amide bonds. The van der Waals surface area contributed by atoms with Crippen LogP contribution in [0.15, 0.2) is 60.7 Å². The van der Waals surface area contributed by atoms with Crippen molar-refractivity contribution >= 4 is 18.4 Å². The van der Waals surface area contributed by atoms with Gasteiger partial charge in [0.1, 0.15) is 8.07 Å². The summed E-state index contributed by atoms with van der Waals surface area (Å²) in [6.45, 7) is 0. The van der Waals surface area contributed by atoms with Crippen molar-refractivity contribution in [1.29, 1.82) is 0 Å². The second-order valence-electron chi connectivity index (χ2n) is 8.34. The molecule has 1 aliphatic carbocycles. The Morgan fingerprint density at radius 1 is 0.654 bits per heavy atom. The van der Waals surface area contributed by atoms with E-state index in [-0.39, 0.29) is 12.8 Å². The quantitative estimate of drug-likeness (QED) is 0.627. The molecule has 0 aromatic heterocycles. The minimum Gasteiger partial charge on any atom is -0.207 e. The van der Waals surface area contributed by atoms with Gasteiger partial charge in [0, 0.05) is 12.8 Å². The van der Waals surface area contributed by atoms with E-state index in [1.165, 1.54) is 24.9 Å². The maximum Gasteiger partial charge on any atom is 0.248 e. The topological polar surface area (TPSA) is 0 Å². The average molecular weight is 371 g/mol. The Bertz CT molecular complexity index is 654. The van der Waals surface area contributed by atoms with Crippen LogP contribution < -0.4 is 10.4 Å². The Kier molecular flexibility index (Phi) is 5.00. The zero-order chi connectivity index (χ0) is 18.0. The lowest BCUT2D eigenvalue weighted by Crippen LogP contribution is -2.60. The lowest BCUT2D eigenvalue weighted by Gasteiger charge is -2.43. The van der Waals surface area contributed by atoms with Crippen molar-refractivity contribution in [2.24, 2.45) is 11.8 Å². The standard InChI is InChI=1S/C23H28F2Si/c24-23(25)15-11-19(12-16-23)20-13-17-26(18-14-20,21-7-3-1-4-8-21)22-9-5-2-6-10-22/h1-10,19-20H,11-18H2. The Labute approximate surface area is 156 Å². The van der Waals surface area contributed by atoms with Crippen LogP contribution in [0.1, 0.15) is 38.5 Å². The molecule has 2 fully saturated rings. The molecule has 3 heteroatoms. The summed E-state index contributed by atoms with van der Waals surface area (Å²) in [7, 11) is -1.72. The molecule has 2 aromatic carbocycles. The Morgan fingerprint density at radius 2 is 1.08 bits per heavy atom. The van der Waals surface area contributed by atoms with Gasteiger partial charge in [0.05, 0.1) is 0 Å². The second-order valence-corrected chi connectivity index (χ2v) is 12.7. The highest BCUT2D eigenvalue weighted by molar-refractivity contribution is 7.02. The molecule has 0 radical (unpaired) electrons. The van der Waals surface area contributed by atoms with E-state index in [4.69, 9.17) is 0 Å². The van der Waals surface area contributed by atoms with Gasteiger partial charge < -0.3 is 0 Å².